The summed E-state index contributed by atoms with van der Waals surface area (Å²) in [6, 6.07) is 16.9. The lowest BCUT2D eigenvalue weighted by molar-refractivity contribution is -0.122. The zero-order valence-corrected chi connectivity index (χ0v) is 22.6. The maximum Gasteiger partial charge on any atom is 0.252 e. The molecular formula is C27H23Cl2N3O5S. The number of hydrogen-bond donors (Lipinski definition) is 1. The number of fused-ring (bicyclic) bond motifs is 1. The van der Waals surface area contributed by atoms with Crippen molar-refractivity contribution in [3.63, 3.8) is 0 Å². The van der Waals surface area contributed by atoms with E-state index in [9.17, 15) is 18.0 Å². The predicted octanol–water partition coefficient (Wildman–Crippen LogP) is 5.05. The molecule has 2 heterocycles. The second kappa shape index (κ2) is 10.4. The molecule has 196 valence electrons. The number of para-hydroxylation sites is 1. The van der Waals surface area contributed by atoms with Crippen LogP contribution in [-0.4, -0.2) is 49.2 Å². The lowest BCUT2D eigenvalue weighted by atomic mass is 10.1. The molecule has 38 heavy (non-hydrogen) atoms. The lowest BCUT2D eigenvalue weighted by Crippen LogP contribution is -2.46. The standard InChI is InChI=1S/C27H23Cl2N3O5S/c1-37-20-9-7-19(8-10-20)32-26(33)15-24(27(32)34)31(38(35,36)25-14-18(28)6-11-22(25)29)13-12-17-16-30-23-5-3-2-4-21(17)23/h2-11,14,16,24,30H,12-13,15H2,1H3. The normalized spacial score (nSPS) is 16.1. The van der Waals surface area contributed by atoms with Crippen molar-refractivity contribution < 1.29 is 22.7 Å². The van der Waals surface area contributed by atoms with Gasteiger partial charge in [0.1, 0.15) is 16.7 Å². The van der Waals surface area contributed by atoms with E-state index in [0.717, 1.165) is 25.7 Å². The summed E-state index contributed by atoms with van der Waals surface area (Å²) in [5.41, 5.74) is 2.12. The SMILES string of the molecule is COc1ccc(N2C(=O)CC(N(CCc3c[nH]c4ccccc34)S(=O)(=O)c3cc(Cl)ccc3Cl)C2=O)cc1. The number of imide groups is 1. The average Bonchev–Trinajstić information content (AvgIpc) is 3.45. The molecule has 1 atom stereocenters. The van der Waals surface area contributed by atoms with E-state index in [4.69, 9.17) is 27.9 Å². The van der Waals surface area contributed by atoms with Crippen LogP contribution in [0.4, 0.5) is 5.69 Å². The van der Waals surface area contributed by atoms with Crippen LogP contribution in [0.2, 0.25) is 10.0 Å². The Bertz CT molecular complexity index is 1640. The van der Waals surface area contributed by atoms with E-state index in [-0.39, 0.29) is 27.9 Å². The van der Waals surface area contributed by atoms with Crippen LogP contribution in [0.3, 0.4) is 0 Å². The topological polar surface area (TPSA) is 99.8 Å². The number of ether oxygens (including phenoxy) is 1. The van der Waals surface area contributed by atoms with E-state index in [1.165, 1.54) is 25.3 Å². The lowest BCUT2D eigenvalue weighted by Gasteiger charge is -2.27. The Morgan fingerprint density at radius 1 is 1.05 bits per heavy atom. The molecule has 4 aromatic rings. The Hall–Kier alpha value is -3.37. The minimum absolute atomic E-state index is 0.0322. The van der Waals surface area contributed by atoms with E-state index >= 15 is 0 Å². The van der Waals surface area contributed by atoms with Gasteiger partial charge in [-0.15, -0.1) is 0 Å². The molecule has 11 heteroatoms. The van der Waals surface area contributed by atoms with Crippen LogP contribution in [-0.2, 0) is 26.0 Å². The highest BCUT2D eigenvalue weighted by Gasteiger charge is 2.47. The van der Waals surface area contributed by atoms with Crippen molar-refractivity contribution in [2.75, 3.05) is 18.6 Å². The van der Waals surface area contributed by atoms with Crippen LogP contribution < -0.4 is 9.64 Å². The summed E-state index contributed by atoms with van der Waals surface area (Å²) in [6.45, 7) is -0.0623. The number of rotatable bonds is 8. The van der Waals surface area contributed by atoms with Gasteiger partial charge in [0.15, 0.2) is 0 Å². The largest absolute Gasteiger partial charge is 0.497 e. The number of methoxy groups -OCH3 is 1. The predicted molar refractivity (Wildman–Crippen MR) is 146 cm³/mol. The first-order valence-electron chi connectivity index (χ1n) is 11.7. The molecule has 1 saturated heterocycles. The Balaban J connectivity index is 1.53. The van der Waals surface area contributed by atoms with Crippen molar-refractivity contribution in [3.8, 4) is 5.75 Å². The summed E-state index contributed by atoms with van der Waals surface area (Å²) in [4.78, 5) is 30.6. The highest BCUT2D eigenvalue weighted by Crippen LogP contribution is 2.34. The van der Waals surface area contributed by atoms with Crippen LogP contribution >= 0.6 is 23.2 Å². The molecule has 1 unspecified atom stereocenters. The molecule has 1 aliphatic heterocycles. The van der Waals surface area contributed by atoms with Crippen molar-refractivity contribution >= 4 is 61.6 Å². The zero-order chi connectivity index (χ0) is 27.0. The van der Waals surface area contributed by atoms with Crippen molar-refractivity contribution in [2.45, 2.75) is 23.8 Å². The molecule has 0 bridgehead atoms. The fourth-order valence-electron chi connectivity index (χ4n) is 4.66. The molecule has 0 aliphatic carbocycles. The number of nitrogens with zero attached hydrogens (tertiary/aromatic N) is 2. The molecule has 2 amide bonds. The van der Waals surface area contributed by atoms with Crippen molar-refractivity contribution in [1.29, 1.82) is 0 Å². The maximum atomic E-state index is 14.0. The molecule has 0 radical (unpaired) electrons. The summed E-state index contributed by atoms with van der Waals surface area (Å²) in [5.74, 6) is -0.585. The summed E-state index contributed by atoms with van der Waals surface area (Å²) in [6.07, 6.45) is 1.80. The number of anilines is 1. The molecular weight excluding hydrogens is 549 g/mol. The number of carbonyl (C=O) groups is 2. The number of H-pyrrole nitrogens is 1. The average molecular weight is 572 g/mol. The van der Waals surface area contributed by atoms with Crippen molar-refractivity contribution in [1.82, 2.24) is 9.29 Å². The number of halogens is 2. The van der Waals surface area contributed by atoms with Gasteiger partial charge in [0.2, 0.25) is 15.9 Å². The molecule has 3 aromatic carbocycles. The summed E-state index contributed by atoms with van der Waals surface area (Å²) in [5, 5.41) is 1.09. The number of aromatic amines is 1. The van der Waals surface area contributed by atoms with Gasteiger partial charge in [-0.3, -0.25) is 9.59 Å². The molecule has 1 aliphatic rings. The summed E-state index contributed by atoms with van der Waals surface area (Å²) < 4.78 is 34.2. The van der Waals surface area contributed by atoms with Crippen LogP contribution in [0.5, 0.6) is 5.75 Å². The number of carbonyl (C=O) groups excluding carboxylic acids is 2. The van der Waals surface area contributed by atoms with Gasteiger partial charge in [-0.25, -0.2) is 13.3 Å². The van der Waals surface area contributed by atoms with Gasteiger partial charge in [0.25, 0.3) is 5.91 Å². The van der Waals surface area contributed by atoms with Gasteiger partial charge in [-0.05, 0) is 60.5 Å². The van der Waals surface area contributed by atoms with E-state index in [0.29, 0.717) is 17.9 Å². The quantitative estimate of drug-likeness (QED) is 0.298. The van der Waals surface area contributed by atoms with Gasteiger partial charge in [-0.2, -0.15) is 4.31 Å². The van der Waals surface area contributed by atoms with Gasteiger partial charge in [0, 0.05) is 28.7 Å². The molecule has 1 fully saturated rings. The molecule has 0 spiro atoms. The minimum Gasteiger partial charge on any atom is -0.497 e. The second-order valence-corrected chi connectivity index (χ2v) is 11.5. The Morgan fingerprint density at radius 2 is 1.79 bits per heavy atom. The number of nitrogens with one attached hydrogen (secondary N) is 1. The third-order valence-electron chi connectivity index (χ3n) is 6.56. The smallest absolute Gasteiger partial charge is 0.252 e. The Kier molecular flexibility index (Phi) is 7.19. The first kappa shape index (κ1) is 26.2. The highest BCUT2D eigenvalue weighted by atomic mass is 35.5. The van der Waals surface area contributed by atoms with Crippen molar-refractivity contribution in [2.24, 2.45) is 0 Å². The van der Waals surface area contributed by atoms with E-state index in [1.807, 2.05) is 30.5 Å². The molecule has 1 N–H and O–H groups in total. The third kappa shape index (κ3) is 4.78. The second-order valence-electron chi connectivity index (χ2n) is 8.79. The summed E-state index contributed by atoms with van der Waals surface area (Å²) >= 11 is 12.4. The number of sulfonamides is 1. The Morgan fingerprint density at radius 3 is 2.53 bits per heavy atom. The number of hydrogen-bond acceptors (Lipinski definition) is 5. The van der Waals surface area contributed by atoms with E-state index in [2.05, 4.69) is 4.98 Å². The first-order chi connectivity index (χ1) is 18.2. The fourth-order valence-corrected chi connectivity index (χ4v) is 6.98. The fraction of sp³-hybridized carbons (Fsp3) is 0.185. The third-order valence-corrected chi connectivity index (χ3v) is 9.18. The van der Waals surface area contributed by atoms with Gasteiger partial charge in [0.05, 0.1) is 24.2 Å². The van der Waals surface area contributed by atoms with E-state index in [1.54, 1.807) is 24.3 Å². The van der Waals surface area contributed by atoms with Gasteiger partial charge >= 0.3 is 0 Å². The van der Waals surface area contributed by atoms with Crippen LogP contribution in [0.1, 0.15) is 12.0 Å². The van der Waals surface area contributed by atoms with Crippen LogP contribution in [0.25, 0.3) is 10.9 Å². The monoisotopic (exact) mass is 571 g/mol. The van der Waals surface area contributed by atoms with Crippen LogP contribution in [0, 0.1) is 0 Å². The first-order valence-corrected chi connectivity index (χ1v) is 13.9. The van der Waals surface area contributed by atoms with Crippen LogP contribution in [0.15, 0.2) is 77.8 Å². The molecule has 8 nitrogen and oxygen atoms in total. The zero-order valence-electron chi connectivity index (χ0n) is 20.2. The number of aromatic nitrogens is 1. The van der Waals surface area contributed by atoms with Crippen molar-refractivity contribution in [3.05, 3.63) is 88.5 Å². The number of amides is 2. The molecule has 1 aromatic heterocycles. The molecule has 5 rings (SSSR count). The van der Waals surface area contributed by atoms with Gasteiger partial charge in [-0.1, -0.05) is 41.4 Å². The van der Waals surface area contributed by atoms with E-state index < -0.39 is 27.9 Å². The van der Waals surface area contributed by atoms with Gasteiger partial charge < -0.3 is 9.72 Å². The number of benzene rings is 3. The Labute approximate surface area is 229 Å². The molecule has 0 saturated carbocycles. The minimum atomic E-state index is -4.33. The maximum absolute atomic E-state index is 14.0. The summed E-state index contributed by atoms with van der Waals surface area (Å²) in [7, 11) is -2.82. The highest BCUT2D eigenvalue weighted by molar-refractivity contribution is 7.89.